The van der Waals surface area contributed by atoms with E-state index < -0.39 is 0 Å². The molecule has 10 aromatic rings. The highest BCUT2D eigenvalue weighted by Crippen LogP contribution is 2.49. The molecule has 8 aromatic carbocycles. The number of aromatic amines is 1. The van der Waals surface area contributed by atoms with Gasteiger partial charge in [0.2, 0.25) is 0 Å². The molecule has 10 rings (SSSR count). The van der Waals surface area contributed by atoms with Gasteiger partial charge < -0.3 is 4.98 Å². The van der Waals surface area contributed by atoms with Crippen LogP contribution in [-0.4, -0.2) is 20.4 Å². The molecule has 2 aromatic heterocycles. The maximum atomic E-state index is 5.08. The Morgan fingerprint density at radius 3 is 1.36 bits per heavy atom. The molecular formula is C51H34N4. The molecule has 0 amide bonds. The monoisotopic (exact) mass is 702 g/mol. The van der Waals surface area contributed by atoms with E-state index in [2.05, 4.69) is 204 Å². The first-order chi connectivity index (χ1) is 27.3. The van der Waals surface area contributed by atoms with Gasteiger partial charge in [-0.25, -0.2) is 0 Å². The number of nitrogens with zero attached hydrogens (tertiary/aromatic N) is 3. The van der Waals surface area contributed by atoms with Crippen LogP contribution >= 0.6 is 0 Å². The summed E-state index contributed by atoms with van der Waals surface area (Å²) in [7, 11) is 0. The summed E-state index contributed by atoms with van der Waals surface area (Å²) in [4.78, 5) is 3.85. The highest BCUT2D eigenvalue weighted by molar-refractivity contribution is 6.17. The standard InChI is InChI=1S/C51H34N4/c1-4-18-34(19-5-1)37-24-10-13-27-40(37)43-32-33-45-41-28-16-17-31-46(41)52-49(45)47(43)51-48(42-29-14-11-25-38(42)35-20-6-2-7-21-35)50(53-55-54-51)44-30-15-12-26-39(44)36-22-8-3-9-23-36/h1-33,52H. The lowest BCUT2D eigenvalue weighted by atomic mass is 9.84. The van der Waals surface area contributed by atoms with E-state index in [1.54, 1.807) is 0 Å². The van der Waals surface area contributed by atoms with Gasteiger partial charge in [0.05, 0.1) is 5.52 Å². The van der Waals surface area contributed by atoms with Crippen LogP contribution in [0.4, 0.5) is 0 Å². The van der Waals surface area contributed by atoms with Crippen molar-refractivity contribution in [3.63, 3.8) is 0 Å². The van der Waals surface area contributed by atoms with Gasteiger partial charge in [0.1, 0.15) is 11.4 Å². The van der Waals surface area contributed by atoms with E-state index in [0.717, 1.165) is 100.0 Å². The van der Waals surface area contributed by atoms with Gasteiger partial charge in [0.25, 0.3) is 0 Å². The van der Waals surface area contributed by atoms with Crippen LogP contribution in [0.25, 0.3) is 100.0 Å². The van der Waals surface area contributed by atoms with Crippen molar-refractivity contribution in [2.75, 3.05) is 0 Å². The molecule has 1 N–H and O–H groups in total. The first-order valence-electron chi connectivity index (χ1n) is 18.5. The summed E-state index contributed by atoms with van der Waals surface area (Å²) in [5.74, 6) is 0. The lowest BCUT2D eigenvalue weighted by molar-refractivity contribution is 0.879. The molecule has 0 saturated carbocycles. The number of rotatable bonds is 7. The summed E-state index contributed by atoms with van der Waals surface area (Å²) in [5, 5.41) is 16.9. The Hall–Kier alpha value is -7.43. The Morgan fingerprint density at radius 1 is 0.291 bits per heavy atom. The fourth-order valence-corrected chi connectivity index (χ4v) is 8.05. The topological polar surface area (TPSA) is 54.5 Å². The number of hydrogen-bond acceptors (Lipinski definition) is 3. The van der Waals surface area contributed by atoms with Crippen LogP contribution in [-0.2, 0) is 0 Å². The highest BCUT2D eigenvalue weighted by Gasteiger charge is 2.27. The maximum Gasteiger partial charge on any atom is 0.108 e. The molecule has 0 atom stereocenters. The molecule has 0 aliphatic rings. The van der Waals surface area contributed by atoms with Crippen LogP contribution < -0.4 is 0 Å². The second-order valence-electron chi connectivity index (χ2n) is 13.7. The van der Waals surface area contributed by atoms with Crippen molar-refractivity contribution in [1.82, 2.24) is 20.4 Å². The molecule has 0 radical (unpaired) electrons. The predicted octanol–water partition coefficient (Wildman–Crippen LogP) is 13.2. The van der Waals surface area contributed by atoms with Crippen LogP contribution in [0, 0.1) is 0 Å². The number of para-hydroxylation sites is 1. The summed E-state index contributed by atoms with van der Waals surface area (Å²) < 4.78 is 0. The number of H-pyrrole nitrogens is 1. The molecule has 0 spiro atoms. The van der Waals surface area contributed by atoms with Crippen molar-refractivity contribution in [3.05, 3.63) is 200 Å². The Morgan fingerprint density at radius 2 is 0.745 bits per heavy atom. The SMILES string of the molecule is c1ccc(-c2ccccc2-c2ccc3c([nH]c4ccccc43)c2-c2nnnc(-c3ccccc3-c3ccccc3)c2-c2ccccc2-c2ccccc2)cc1. The molecule has 0 fully saturated rings. The van der Waals surface area contributed by atoms with Crippen molar-refractivity contribution in [2.24, 2.45) is 0 Å². The molecule has 2 heterocycles. The number of nitrogens with one attached hydrogen (secondary N) is 1. The summed E-state index contributed by atoms with van der Waals surface area (Å²) in [6, 6.07) is 70.4. The predicted molar refractivity (Wildman–Crippen MR) is 227 cm³/mol. The van der Waals surface area contributed by atoms with Gasteiger partial charge in [-0.1, -0.05) is 194 Å². The summed E-state index contributed by atoms with van der Waals surface area (Å²) in [6.07, 6.45) is 0. The van der Waals surface area contributed by atoms with Crippen molar-refractivity contribution in [1.29, 1.82) is 0 Å². The third-order valence-corrected chi connectivity index (χ3v) is 10.5. The average molecular weight is 703 g/mol. The zero-order chi connectivity index (χ0) is 36.6. The number of benzene rings is 8. The van der Waals surface area contributed by atoms with Crippen molar-refractivity contribution < 1.29 is 0 Å². The summed E-state index contributed by atoms with van der Waals surface area (Å²) in [6.45, 7) is 0. The summed E-state index contributed by atoms with van der Waals surface area (Å²) >= 11 is 0. The quantitative estimate of drug-likeness (QED) is 0.180. The van der Waals surface area contributed by atoms with Crippen molar-refractivity contribution in [3.8, 4) is 78.1 Å². The van der Waals surface area contributed by atoms with Gasteiger partial charge in [-0.15, -0.1) is 10.2 Å². The lowest BCUT2D eigenvalue weighted by Gasteiger charge is -2.21. The zero-order valence-electron chi connectivity index (χ0n) is 29.9. The minimum absolute atomic E-state index is 0.756. The second-order valence-corrected chi connectivity index (χ2v) is 13.7. The largest absolute Gasteiger partial charge is 0.354 e. The van der Waals surface area contributed by atoms with Gasteiger partial charge in [0.15, 0.2) is 0 Å². The molecule has 4 heteroatoms. The number of aromatic nitrogens is 4. The number of hydrogen-bond donors (Lipinski definition) is 1. The average Bonchev–Trinajstić information content (AvgIpc) is 3.66. The Labute approximate surface area is 319 Å². The second kappa shape index (κ2) is 13.8. The third-order valence-electron chi connectivity index (χ3n) is 10.5. The zero-order valence-corrected chi connectivity index (χ0v) is 29.9. The van der Waals surface area contributed by atoms with Crippen LogP contribution in [0.15, 0.2) is 200 Å². The molecule has 0 aliphatic carbocycles. The van der Waals surface area contributed by atoms with Gasteiger partial charge in [-0.2, -0.15) is 0 Å². The van der Waals surface area contributed by atoms with E-state index in [1.807, 2.05) is 6.07 Å². The first kappa shape index (κ1) is 32.2. The number of fused-ring (bicyclic) bond motifs is 3. The Balaban J connectivity index is 1.36. The van der Waals surface area contributed by atoms with Crippen LogP contribution in [0.3, 0.4) is 0 Å². The fourth-order valence-electron chi connectivity index (χ4n) is 8.05. The van der Waals surface area contributed by atoms with Crippen LogP contribution in [0.2, 0.25) is 0 Å². The molecule has 0 aliphatic heterocycles. The van der Waals surface area contributed by atoms with Crippen LogP contribution in [0.5, 0.6) is 0 Å². The van der Waals surface area contributed by atoms with E-state index in [-0.39, 0.29) is 0 Å². The molecule has 4 nitrogen and oxygen atoms in total. The first-order valence-corrected chi connectivity index (χ1v) is 18.5. The molecule has 0 unspecified atom stereocenters. The Kier molecular flexibility index (Phi) is 8.12. The fraction of sp³-hybridized carbons (Fsp3) is 0. The van der Waals surface area contributed by atoms with Gasteiger partial charge in [-0.3, -0.25) is 0 Å². The Bertz CT molecular complexity index is 2970. The van der Waals surface area contributed by atoms with E-state index in [0.29, 0.717) is 0 Å². The molecule has 55 heavy (non-hydrogen) atoms. The summed E-state index contributed by atoms with van der Waals surface area (Å²) in [5.41, 5.74) is 16.3. The van der Waals surface area contributed by atoms with E-state index >= 15 is 0 Å². The van der Waals surface area contributed by atoms with Gasteiger partial charge >= 0.3 is 0 Å². The van der Waals surface area contributed by atoms with E-state index in [1.165, 1.54) is 0 Å². The highest BCUT2D eigenvalue weighted by atomic mass is 15.3. The smallest absolute Gasteiger partial charge is 0.108 e. The molecule has 0 saturated heterocycles. The minimum Gasteiger partial charge on any atom is -0.354 e. The normalized spacial score (nSPS) is 11.3. The maximum absolute atomic E-state index is 5.08. The third kappa shape index (κ3) is 5.68. The van der Waals surface area contributed by atoms with Crippen molar-refractivity contribution >= 4 is 21.8 Å². The minimum atomic E-state index is 0.756. The van der Waals surface area contributed by atoms with Crippen LogP contribution in [0.1, 0.15) is 0 Å². The van der Waals surface area contributed by atoms with Crippen molar-refractivity contribution in [2.45, 2.75) is 0 Å². The van der Waals surface area contributed by atoms with E-state index in [4.69, 9.17) is 10.2 Å². The molecular weight excluding hydrogens is 669 g/mol. The lowest BCUT2D eigenvalue weighted by Crippen LogP contribution is -2.03. The molecule has 0 bridgehead atoms. The molecule has 258 valence electrons. The van der Waals surface area contributed by atoms with E-state index in [9.17, 15) is 0 Å². The van der Waals surface area contributed by atoms with Gasteiger partial charge in [0, 0.05) is 33.0 Å². The van der Waals surface area contributed by atoms with Gasteiger partial charge in [-0.05, 0) is 61.4 Å².